The second kappa shape index (κ2) is 5.75. The van der Waals surface area contributed by atoms with Crippen molar-refractivity contribution in [2.75, 3.05) is 13.1 Å². The van der Waals surface area contributed by atoms with Crippen molar-refractivity contribution in [1.82, 2.24) is 10.6 Å². The third-order valence-corrected chi connectivity index (χ3v) is 2.22. The predicted octanol–water partition coefficient (Wildman–Crippen LogP) is 0.821. The quantitative estimate of drug-likeness (QED) is 0.499. The zero-order chi connectivity index (χ0) is 9.52. The SMILES string of the molecule is C/C=C/CCNC(=O)[C@H]1CCCN1. The molecule has 1 rings (SSSR count). The Morgan fingerprint density at radius 2 is 2.54 bits per heavy atom. The molecule has 1 atom stereocenters. The number of allylic oxidation sites excluding steroid dienone is 1. The van der Waals surface area contributed by atoms with Crippen molar-refractivity contribution in [2.24, 2.45) is 0 Å². The average Bonchev–Trinajstić information content (AvgIpc) is 2.65. The van der Waals surface area contributed by atoms with Crippen LogP contribution in [0.15, 0.2) is 12.2 Å². The second-order valence-corrected chi connectivity index (χ2v) is 3.30. The molecule has 13 heavy (non-hydrogen) atoms. The molecular formula is C10H18N2O. The van der Waals surface area contributed by atoms with Gasteiger partial charge in [-0.1, -0.05) is 12.2 Å². The number of carbonyl (C=O) groups excluding carboxylic acids is 1. The molecule has 0 saturated carbocycles. The van der Waals surface area contributed by atoms with Gasteiger partial charge >= 0.3 is 0 Å². The van der Waals surface area contributed by atoms with Crippen LogP contribution >= 0.6 is 0 Å². The zero-order valence-corrected chi connectivity index (χ0v) is 8.18. The molecule has 1 saturated heterocycles. The van der Waals surface area contributed by atoms with E-state index in [-0.39, 0.29) is 11.9 Å². The summed E-state index contributed by atoms with van der Waals surface area (Å²) in [4.78, 5) is 11.4. The fourth-order valence-electron chi connectivity index (χ4n) is 1.48. The van der Waals surface area contributed by atoms with Gasteiger partial charge in [-0.25, -0.2) is 0 Å². The van der Waals surface area contributed by atoms with Crippen LogP contribution in [0.3, 0.4) is 0 Å². The van der Waals surface area contributed by atoms with Gasteiger partial charge in [-0.2, -0.15) is 0 Å². The summed E-state index contributed by atoms with van der Waals surface area (Å²) in [7, 11) is 0. The van der Waals surface area contributed by atoms with Gasteiger partial charge in [0.15, 0.2) is 0 Å². The van der Waals surface area contributed by atoms with Crippen LogP contribution in [0.4, 0.5) is 0 Å². The van der Waals surface area contributed by atoms with Crippen molar-refractivity contribution in [1.29, 1.82) is 0 Å². The van der Waals surface area contributed by atoms with E-state index in [1.54, 1.807) is 0 Å². The molecular weight excluding hydrogens is 164 g/mol. The molecule has 0 aromatic heterocycles. The summed E-state index contributed by atoms with van der Waals surface area (Å²) < 4.78 is 0. The summed E-state index contributed by atoms with van der Waals surface area (Å²) in [6, 6.07) is 0.0607. The van der Waals surface area contributed by atoms with Crippen molar-refractivity contribution >= 4 is 5.91 Å². The highest BCUT2D eigenvalue weighted by atomic mass is 16.2. The Morgan fingerprint density at radius 1 is 1.69 bits per heavy atom. The molecule has 0 spiro atoms. The molecule has 0 aromatic carbocycles. The minimum Gasteiger partial charge on any atom is -0.354 e. The summed E-state index contributed by atoms with van der Waals surface area (Å²) in [5, 5.41) is 6.07. The fraction of sp³-hybridized carbons (Fsp3) is 0.700. The molecule has 1 amide bonds. The van der Waals surface area contributed by atoms with Gasteiger partial charge in [0.2, 0.25) is 5.91 Å². The summed E-state index contributed by atoms with van der Waals surface area (Å²) in [5.74, 6) is 0.155. The Labute approximate surface area is 79.6 Å². The lowest BCUT2D eigenvalue weighted by atomic mass is 10.2. The normalized spacial score (nSPS) is 22.4. The van der Waals surface area contributed by atoms with Gasteiger partial charge in [0.1, 0.15) is 0 Å². The molecule has 0 bridgehead atoms. The van der Waals surface area contributed by atoms with Crippen molar-refractivity contribution in [2.45, 2.75) is 32.2 Å². The molecule has 0 unspecified atom stereocenters. The monoisotopic (exact) mass is 182 g/mol. The van der Waals surface area contributed by atoms with Crippen LogP contribution in [0, 0.1) is 0 Å². The van der Waals surface area contributed by atoms with Gasteiger partial charge in [-0.05, 0) is 32.7 Å². The third-order valence-electron chi connectivity index (χ3n) is 2.22. The number of nitrogens with one attached hydrogen (secondary N) is 2. The molecule has 0 aliphatic carbocycles. The first-order valence-electron chi connectivity index (χ1n) is 4.97. The molecule has 1 heterocycles. The van der Waals surface area contributed by atoms with E-state index in [2.05, 4.69) is 16.7 Å². The Hall–Kier alpha value is -0.830. The smallest absolute Gasteiger partial charge is 0.237 e. The Kier molecular flexibility index (Phi) is 4.54. The highest BCUT2D eigenvalue weighted by Crippen LogP contribution is 2.04. The lowest BCUT2D eigenvalue weighted by molar-refractivity contribution is -0.122. The van der Waals surface area contributed by atoms with Crippen molar-refractivity contribution in [3.8, 4) is 0 Å². The Balaban J connectivity index is 2.09. The topological polar surface area (TPSA) is 41.1 Å². The minimum absolute atomic E-state index is 0.0607. The molecule has 3 nitrogen and oxygen atoms in total. The molecule has 74 valence electrons. The molecule has 3 heteroatoms. The van der Waals surface area contributed by atoms with E-state index < -0.39 is 0 Å². The molecule has 2 N–H and O–H groups in total. The van der Waals surface area contributed by atoms with Gasteiger partial charge in [-0.15, -0.1) is 0 Å². The first-order chi connectivity index (χ1) is 6.34. The van der Waals surface area contributed by atoms with Crippen LogP contribution < -0.4 is 10.6 Å². The first-order valence-corrected chi connectivity index (χ1v) is 4.97. The Morgan fingerprint density at radius 3 is 3.15 bits per heavy atom. The lowest BCUT2D eigenvalue weighted by Gasteiger charge is -2.09. The molecule has 1 fully saturated rings. The van der Waals surface area contributed by atoms with Gasteiger partial charge in [0, 0.05) is 6.54 Å². The first kappa shape index (κ1) is 10.3. The van der Waals surface area contributed by atoms with E-state index in [4.69, 9.17) is 0 Å². The van der Waals surface area contributed by atoms with Gasteiger partial charge in [-0.3, -0.25) is 4.79 Å². The molecule has 0 aromatic rings. The highest BCUT2D eigenvalue weighted by Gasteiger charge is 2.20. The summed E-state index contributed by atoms with van der Waals surface area (Å²) in [5.41, 5.74) is 0. The molecule has 0 radical (unpaired) electrons. The van der Waals surface area contributed by atoms with E-state index in [0.717, 1.165) is 32.4 Å². The Bertz CT molecular complexity index is 183. The van der Waals surface area contributed by atoms with Gasteiger partial charge in [0.25, 0.3) is 0 Å². The summed E-state index contributed by atoms with van der Waals surface area (Å²) >= 11 is 0. The summed E-state index contributed by atoms with van der Waals surface area (Å²) in [6.45, 7) is 3.72. The number of amides is 1. The highest BCUT2D eigenvalue weighted by molar-refractivity contribution is 5.81. The standard InChI is InChI=1S/C10H18N2O/c1-2-3-4-7-12-10(13)9-6-5-8-11-9/h2-3,9,11H,4-8H2,1H3,(H,12,13)/b3-2+/t9-/m1/s1. The maximum atomic E-state index is 11.4. The van der Waals surface area contributed by atoms with Crippen molar-refractivity contribution in [3.63, 3.8) is 0 Å². The number of hydrogen-bond acceptors (Lipinski definition) is 2. The van der Waals surface area contributed by atoms with Crippen molar-refractivity contribution < 1.29 is 4.79 Å². The van der Waals surface area contributed by atoms with Gasteiger partial charge in [0.05, 0.1) is 6.04 Å². The largest absolute Gasteiger partial charge is 0.354 e. The third kappa shape index (κ3) is 3.59. The lowest BCUT2D eigenvalue weighted by Crippen LogP contribution is -2.40. The van der Waals surface area contributed by atoms with E-state index in [0.29, 0.717) is 0 Å². The molecule has 1 aliphatic rings. The van der Waals surface area contributed by atoms with Crippen LogP contribution in [0.1, 0.15) is 26.2 Å². The van der Waals surface area contributed by atoms with E-state index in [1.165, 1.54) is 0 Å². The fourth-order valence-corrected chi connectivity index (χ4v) is 1.48. The van der Waals surface area contributed by atoms with E-state index in [9.17, 15) is 4.79 Å². The summed E-state index contributed by atoms with van der Waals surface area (Å²) in [6.07, 6.45) is 7.08. The second-order valence-electron chi connectivity index (χ2n) is 3.30. The number of rotatable bonds is 4. The zero-order valence-electron chi connectivity index (χ0n) is 8.18. The van der Waals surface area contributed by atoms with Gasteiger partial charge < -0.3 is 10.6 Å². The van der Waals surface area contributed by atoms with E-state index in [1.807, 2.05) is 13.0 Å². The van der Waals surface area contributed by atoms with Crippen LogP contribution in [-0.2, 0) is 4.79 Å². The van der Waals surface area contributed by atoms with E-state index >= 15 is 0 Å². The minimum atomic E-state index is 0.0607. The maximum absolute atomic E-state index is 11.4. The number of carbonyl (C=O) groups is 1. The van der Waals surface area contributed by atoms with Crippen LogP contribution in [0.2, 0.25) is 0 Å². The van der Waals surface area contributed by atoms with Crippen LogP contribution in [-0.4, -0.2) is 25.0 Å². The maximum Gasteiger partial charge on any atom is 0.237 e. The van der Waals surface area contributed by atoms with Crippen LogP contribution in [0.25, 0.3) is 0 Å². The molecule has 1 aliphatic heterocycles. The number of hydrogen-bond donors (Lipinski definition) is 2. The van der Waals surface area contributed by atoms with Crippen molar-refractivity contribution in [3.05, 3.63) is 12.2 Å². The average molecular weight is 182 g/mol. The van der Waals surface area contributed by atoms with Crippen LogP contribution in [0.5, 0.6) is 0 Å². The predicted molar refractivity (Wildman–Crippen MR) is 53.5 cm³/mol.